The highest BCUT2D eigenvalue weighted by molar-refractivity contribution is 5.63. The summed E-state index contributed by atoms with van der Waals surface area (Å²) in [6, 6.07) is 19.2. The minimum absolute atomic E-state index is 0.430. The Morgan fingerprint density at radius 1 is 0.882 bits per heavy atom. The number of hydrogen-bond donors (Lipinski definition) is 0. The maximum atomic E-state index is 4.01. The van der Waals surface area contributed by atoms with E-state index in [2.05, 4.69) is 69.0 Å². The Morgan fingerprint density at radius 2 is 1.41 bits per heavy atom. The average molecular weight is 222 g/mol. The normalized spacial score (nSPS) is 12.1. The monoisotopic (exact) mass is 222 g/mol. The van der Waals surface area contributed by atoms with E-state index in [9.17, 15) is 0 Å². The van der Waals surface area contributed by atoms with Crippen LogP contribution in [0.3, 0.4) is 0 Å². The van der Waals surface area contributed by atoms with Crippen molar-refractivity contribution in [1.82, 2.24) is 0 Å². The molecule has 0 saturated carbocycles. The zero-order valence-corrected chi connectivity index (χ0v) is 10.5. The quantitative estimate of drug-likeness (QED) is 0.639. The minimum Gasteiger partial charge on any atom is -0.0995 e. The second-order valence-corrected chi connectivity index (χ2v) is 4.56. The van der Waals surface area contributed by atoms with Crippen LogP contribution < -0.4 is 0 Å². The lowest BCUT2D eigenvalue weighted by atomic mass is 9.93. The second kappa shape index (κ2) is 5.01. The van der Waals surface area contributed by atoms with Crippen molar-refractivity contribution in [2.45, 2.75) is 19.8 Å². The lowest BCUT2D eigenvalue weighted by Gasteiger charge is -2.12. The van der Waals surface area contributed by atoms with Gasteiger partial charge in [-0.15, -0.1) is 0 Å². The first-order valence-corrected chi connectivity index (χ1v) is 5.99. The molecule has 0 heterocycles. The number of rotatable bonds is 3. The van der Waals surface area contributed by atoms with Gasteiger partial charge in [0.25, 0.3) is 0 Å². The number of allylic oxidation sites excluding steroid dienone is 1. The molecule has 2 aromatic rings. The van der Waals surface area contributed by atoms with E-state index in [-0.39, 0.29) is 0 Å². The molecule has 0 aromatic heterocycles. The summed E-state index contributed by atoms with van der Waals surface area (Å²) >= 11 is 0. The summed E-state index contributed by atoms with van der Waals surface area (Å²) in [6.45, 7) is 8.29. The zero-order valence-electron chi connectivity index (χ0n) is 10.5. The van der Waals surface area contributed by atoms with Crippen molar-refractivity contribution in [2.24, 2.45) is 0 Å². The van der Waals surface area contributed by atoms with Gasteiger partial charge in [-0.1, -0.05) is 73.7 Å². The highest BCUT2D eigenvalue weighted by Crippen LogP contribution is 2.25. The maximum Gasteiger partial charge on any atom is 0.00143 e. The molecule has 0 spiro atoms. The average Bonchev–Trinajstić information content (AvgIpc) is 2.39. The predicted octanol–water partition coefficient (Wildman–Crippen LogP) is 5.03. The summed E-state index contributed by atoms with van der Waals surface area (Å²) < 4.78 is 0. The Bertz CT molecular complexity index is 491. The molecule has 0 heteroatoms. The molecule has 0 aliphatic heterocycles. The third kappa shape index (κ3) is 2.65. The summed E-state index contributed by atoms with van der Waals surface area (Å²) in [5, 5.41) is 0. The van der Waals surface area contributed by atoms with Crippen molar-refractivity contribution in [3.8, 4) is 11.1 Å². The molecule has 0 unspecified atom stereocenters. The van der Waals surface area contributed by atoms with Gasteiger partial charge < -0.3 is 0 Å². The first-order valence-electron chi connectivity index (χ1n) is 5.99. The number of benzene rings is 2. The minimum atomic E-state index is 0.430. The highest BCUT2D eigenvalue weighted by Gasteiger charge is 2.05. The van der Waals surface area contributed by atoms with Crippen molar-refractivity contribution in [3.05, 3.63) is 72.3 Å². The Hall–Kier alpha value is -1.82. The van der Waals surface area contributed by atoms with Gasteiger partial charge in [0.1, 0.15) is 0 Å². The molecule has 2 rings (SSSR count). The van der Waals surface area contributed by atoms with Crippen molar-refractivity contribution >= 4 is 0 Å². The molecule has 0 saturated heterocycles. The zero-order chi connectivity index (χ0) is 12.3. The molecule has 2 aromatic carbocycles. The number of hydrogen-bond acceptors (Lipinski definition) is 0. The standard InChI is InChI=1S/C17H18/c1-13(2)14(3)15-9-11-17(12-10-15)16-7-5-4-6-8-16/h4-12,14H,1H2,2-3H3/t14-/m1/s1. The summed E-state index contributed by atoms with van der Waals surface area (Å²) in [6.07, 6.45) is 0. The SMILES string of the molecule is C=C(C)[C@@H](C)c1ccc(-c2ccccc2)cc1. The van der Waals surface area contributed by atoms with Crippen LogP contribution in [0.15, 0.2) is 66.7 Å². The van der Waals surface area contributed by atoms with Crippen molar-refractivity contribution in [3.63, 3.8) is 0 Å². The fraction of sp³-hybridized carbons (Fsp3) is 0.176. The van der Waals surface area contributed by atoms with E-state index < -0.39 is 0 Å². The molecule has 0 N–H and O–H groups in total. The summed E-state index contributed by atoms with van der Waals surface area (Å²) in [5.74, 6) is 0.430. The van der Waals surface area contributed by atoms with E-state index in [1.165, 1.54) is 22.3 Å². The molecule has 0 amide bonds. The van der Waals surface area contributed by atoms with Gasteiger partial charge in [-0.25, -0.2) is 0 Å². The molecule has 17 heavy (non-hydrogen) atoms. The molecular weight excluding hydrogens is 204 g/mol. The summed E-state index contributed by atoms with van der Waals surface area (Å²) in [5.41, 5.74) is 5.07. The van der Waals surface area contributed by atoms with Crippen LogP contribution in [-0.2, 0) is 0 Å². The van der Waals surface area contributed by atoms with Crippen molar-refractivity contribution < 1.29 is 0 Å². The van der Waals surface area contributed by atoms with E-state index in [0.717, 1.165) is 0 Å². The third-order valence-corrected chi connectivity index (χ3v) is 3.26. The molecule has 0 bridgehead atoms. The molecular formula is C17H18. The Kier molecular flexibility index (Phi) is 3.43. The van der Waals surface area contributed by atoms with Gasteiger partial charge in [-0.2, -0.15) is 0 Å². The van der Waals surface area contributed by atoms with E-state index in [0.29, 0.717) is 5.92 Å². The lowest BCUT2D eigenvalue weighted by molar-refractivity contribution is 0.899. The van der Waals surface area contributed by atoms with Crippen LogP contribution in [-0.4, -0.2) is 0 Å². The van der Waals surface area contributed by atoms with E-state index in [4.69, 9.17) is 0 Å². The van der Waals surface area contributed by atoms with Crippen LogP contribution in [0.1, 0.15) is 25.3 Å². The maximum absolute atomic E-state index is 4.01. The summed E-state index contributed by atoms with van der Waals surface area (Å²) in [7, 11) is 0. The molecule has 0 fully saturated rings. The van der Waals surface area contributed by atoms with E-state index in [1.807, 2.05) is 6.07 Å². The second-order valence-electron chi connectivity index (χ2n) is 4.56. The largest absolute Gasteiger partial charge is 0.0995 e. The lowest BCUT2D eigenvalue weighted by Crippen LogP contribution is -1.93. The van der Waals surface area contributed by atoms with Crippen LogP contribution in [0.4, 0.5) is 0 Å². The van der Waals surface area contributed by atoms with Gasteiger partial charge >= 0.3 is 0 Å². The van der Waals surface area contributed by atoms with E-state index >= 15 is 0 Å². The molecule has 0 aliphatic rings. The Morgan fingerprint density at radius 3 is 1.94 bits per heavy atom. The molecule has 0 nitrogen and oxygen atoms in total. The van der Waals surface area contributed by atoms with Gasteiger partial charge in [0.15, 0.2) is 0 Å². The molecule has 0 aliphatic carbocycles. The highest BCUT2D eigenvalue weighted by atomic mass is 14.1. The first-order chi connectivity index (χ1) is 8.18. The van der Waals surface area contributed by atoms with Gasteiger partial charge in [-0.3, -0.25) is 0 Å². The molecule has 0 radical (unpaired) electrons. The van der Waals surface area contributed by atoms with Crippen LogP contribution in [0.2, 0.25) is 0 Å². The molecule has 1 atom stereocenters. The van der Waals surface area contributed by atoms with E-state index in [1.54, 1.807) is 0 Å². The van der Waals surface area contributed by atoms with Crippen LogP contribution >= 0.6 is 0 Å². The predicted molar refractivity (Wildman–Crippen MR) is 75.1 cm³/mol. The van der Waals surface area contributed by atoms with Crippen LogP contribution in [0.25, 0.3) is 11.1 Å². The fourth-order valence-electron chi connectivity index (χ4n) is 1.88. The Balaban J connectivity index is 2.28. The first kappa shape index (κ1) is 11.7. The Labute approximate surface area is 104 Å². The smallest absolute Gasteiger partial charge is 0.00143 e. The fourth-order valence-corrected chi connectivity index (χ4v) is 1.88. The van der Waals surface area contributed by atoms with Crippen LogP contribution in [0, 0.1) is 0 Å². The van der Waals surface area contributed by atoms with Gasteiger partial charge in [0.05, 0.1) is 0 Å². The topological polar surface area (TPSA) is 0 Å². The van der Waals surface area contributed by atoms with Crippen LogP contribution in [0.5, 0.6) is 0 Å². The van der Waals surface area contributed by atoms with Crippen molar-refractivity contribution in [2.75, 3.05) is 0 Å². The summed E-state index contributed by atoms with van der Waals surface area (Å²) in [4.78, 5) is 0. The van der Waals surface area contributed by atoms with Crippen molar-refractivity contribution in [1.29, 1.82) is 0 Å². The van der Waals surface area contributed by atoms with Gasteiger partial charge in [-0.05, 0) is 23.6 Å². The van der Waals surface area contributed by atoms with Gasteiger partial charge in [0, 0.05) is 5.92 Å². The molecule has 86 valence electrons. The third-order valence-electron chi connectivity index (χ3n) is 3.26. The van der Waals surface area contributed by atoms with Gasteiger partial charge in [0.2, 0.25) is 0 Å².